The maximum absolute atomic E-state index is 13.2. The van der Waals surface area contributed by atoms with Crippen molar-refractivity contribution in [3.8, 4) is 0 Å². The second kappa shape index (κ2) is 8.08. The highest BCUT2D eigenvalue weighted by atomic mass is 28.4. The average molecular weight is 345 g/mol. The third-order valence-corrected chi connectivity index (χ3v) is 9.52. The van der Waals surface area contributed by atoms with Crippen molar-refractivity contribution in [2.45, 2.75) is 51.7 Å². The molecule has 1 nitrogen and oxygen atoms in total. The Labute approximate surface area is 147 Å². The summed E-state index contributed by atoms with van der Waals surface area (Å²) in [4.78, 5) is 0. The summed E-state index contributed by atoms with van der Waals surface area (Å²) in [6, 6.07) is 21.1. The van der Waals surface area contributed by atoms with Crippen LogP contribution in [-0.2, 0) is 4.43 Å². The van der Waals surface area contributed by atoms with Gasteiger partial charge in [-0.3, -0.25) is 0 Å². The van der Waals surface area contributed by atoms with Crippen LogP contribution in [0.15, 0.2) is 60.7 Å². The van der Waals surface area contributed by atoms with E-state index >= 15 is 0 Å². The fourth-order valence-corrected chi connectivity index (χ4v) is 7.96. The highest BCUT2D eigenvalue weighted by molar-refractivity contribution is 6.99. The molecule has 2 aromatic rings. The Balaban J connectivity index is 2.45. The number of hydrogen-bond acceptors (Lipinski definition) is 1. The number of halogens is 1. The molecule has 0 bridgehead atoms. The van der Waals surface area contributed by atoms with Crippen molar-refractivity contribution < 1.29 is 8.82 Å². The molecule has 0 aliphatic rings. The molecule has 0 radical (unpaired) electrons. The van der Waals surface area contributed by atoms with E-state index in [-0.39, 0.29) is 5.04 Å². The highest BCUT2D eigenvalue weighted by Crippen LogP contribution is 2.36. The molecule has 0 saturated heterocycles. The summed E-state index contributed by atoms with van der Waals surface area (Å²) in [7, 11) is -2.44. The molecule has 24 heavy (non-hydrogen) atoms. The van der Waals surface area contributed by atoms with Gasteiger partial charge in [0.2, 0.25) is 0 Å². The minimum absolute atomic E-state index is 0.0168. The highest BCUT2D eigenvalue weighted by Gasteiger charge is 2.49. The van der Waals surface area contributed by atoms with Crippen molar-refractivity contribution in [1.82, 2.24) is 0 Å². The fourth-order valence-electron chi connectivity index (χ4n) is 3.35. The molecule has 3 heteroatoms. The summed E-state index contributed by atoms with van der Waals surface area (Å²) < 4.78 is 19.8. The lowest BCUT2D eigenvalue weighted by molar-refractivity contribution is 0.258. The Morgan fingerprint density at radius 3 is 1.75 bits per heavy atom. The minimum Gasteiger partial charge on any atom is -0.407 e. The summed E-state index contributed by atoms with van der Waals surface area (Å²) in [6.45, 7) is 9.00. The average Bonchev–Trinajstić information content (AvgIpc) is 2.55. The van der Waals surface area contributed by atoms with Gasteiger partial charge in [0.25, 0.3) is 8.32 Å². The van der Waals surface area contributed by atoms with Crippen LogP contribution >= 0.6 is 0 Å². The Morgan fingerprint density at radius 1 is 0.917 bits per heavy atom. The van der Waals surface area contributed by atoms with E-state index in [1.165, 1.54) is 10.4 Å². The first-order valence-electron chi connectivity index (χ1n) is 8.77. The van der Waals surface area contributed by atoms with Gasteiger partial charge < -0.3 is 4.43 Å². The lowest BCUT2D eigenvalue weighted by Gasteiger charge is -2.43. The Morgan fingerprint density at radius 2 is 1.38 bits per heavy atom. The molecule has 0 saturated carbocycles. The number of alkyl halides is 1. The quantitative estimate of drug-likeness (QED) is 0.522. The van der Waals surface area contributed by atoms with Crippen LogP contribution in [0.25, 0.3) is 0 Å². The van der Waals surface area contributed by atoms with Gasteiger partial charge >= 0.3 is 0 Å². The van der Waals surface area contributed by atoms with Crippen LogP contribution in [0.3, 0.4) is 0 Å². The summed E-state index contributed by atoms with van der Waals surface area (Å²) >= 11 is 0. The molecule has 1 atom stereocenters. The molecule has 0 fully saturated rings. The maximum Gasteiger partial charge on any atom is 0.261 e. The van der Waals surface area contributed by atoms with Crippen molar-refractivity contribution in [2.75, 3.05) is 6.61 Å². The molecule has 0 N–H and O–H groups in total. The Bertz CT molecular complexity index is 565. The Hall–Kier alpha value is -1.45. The van der Waals surface area contributed by atoms with Gasteiger partial charge in [0.05, 0.1) is 6.17 Å². The monoisotopic (exact) mass is 344 g/mol. The van der Waals surface area contributed by atoms with E-state index in [4.69, 9.17) is 4.43 Å². The zero-order chi connectivity index (χ0) is 17.6. The Kier molecular flexibility index (Phi) is 6.36. The smallest absolute Gasteiger partial charge is 0.261 e. The van der Waals surface area contributed by atoms with Crippen LogP contribution in [0.5, 0.6) is 0 Å². The third kappa shape index (κ3) is 4.14. The van der Waals surface area contributed by atoms with Crippen molar-refractivity contribution in [3.05, 3.63) is 60.7 Å². The van der Waals surface area contributed by atoms with Gasteiger partial charge in [-0.25, -0.2) is 4.39 Å². The van der Waals surface area contributed by atoms with Crippen molar-refractivity contribution >= 4 is 18.7 Å². The second-order valence-electron chi connectivity index (χ2n) is 7.43. The normalized spacial score (nSPS) is 13.7. The molecule has 0 heterocycles. The molecule has 2 rings (SSSR count). The topological polar surface area (TPSA) is 9.23 Å². The van der Waals surface area contributed by atoms with Gasteiger partial charge in [-0.15, -0.1) is 0 Å². The number of rotatable bonds is 7. The van der Waals surface area contributed by atoms with Crippen molar-refractivity contribution in [1.29, 1.82) is 0 Å². The zero-order valence-electron chi connectivity index (χ0n) is 15.3. The number of benzene rings is 2. The van der Waals surface area contributed by atoms with Gasteiger partial charge in [0.1, 0.15) is 0 Å². The molecule has 0 aliphatic heterocycles. The summed E-state index contributed by atoms with van der Waals surface area (Å²) in [5.41, 5.74) is 0. The first kappa shape index (κ1) is 18.9. The molecule has 0 spiro atoms. The lowest BCUT2D eigenvalue weighted by atomic mass is 10.2. The molecule has 0 unspecified atom stereocenters. The van der Waals surface area contributed by atoms with E-state index in [2.05, 4.69) is 69.3 Å². The van der Waals surface area contributed by atoms with Gasteiger partial charge in [-0.2, -0.15) is 0 Å². The van der Waals surface area contributed by atoms with Crippen LogP contribution in [-0.4, -0.2) is 21.1 Å². The molecule has 0 aromatic heterocycles. The number of hydrogen-bond donors (Lipinski definition) is 0. The van der Waals surface area contributed by atoms with Crippen molar-refractivity contribution in [2.24, 2.45) is 0 Å². The second-order valence-corrected chi connectivity index (χ2v) is 11.7. The van der Waals surface area contributed by atoms with Crippen molar-refractivity contribution in [3.63, 3.8) is 0 Å². The van der Waals surface area contributed by atoms with Gasteiger partial charge in [0.15, 0.2) is 0 Å². The largest absolute Gasteiger partial charge is 0.407 e. The summed E-state index contributed by atoms with van der Waals surface area (Å²) in [6.07, 6.45) is 0.535. The van der Waals surface area contributed by atoms with Crippen LogP contribution in [0, 0.1) is 0 Å². The van der Waals surface area contributed by atoms with Gasteiger partial charge in [-0.1, -0.05) is 81.4 Å². The van der Waals surface area contributed by atoms with Crippen LogP contribution in [0.1, 0.15) is 40.5 Å². The first-order valence-corrected chi connectivity index (χ1v) is 10.7. The van der Waals surface area contributed by atoms with Gasteiger partial charge in [0, 0.05) is 6.61 Å². The zero-order valence-corrected chi connectivity index (χ0v) is 16.3. The predicted octanol–water partition coefficient (Wildman–Crippen LogP) is 4.70. The molecular formula is C21H29FOSi. The SMILES string of the molecule is C[C@H](F)CCCO[Si](c1ccccc1)(c1ccccc1)C(C)(C)C. The summed E-state index contributed by atoms with van der Waals surface area (Å²) in [5, 5.41) is 2.53. The lowest BCUT2D eigenvalue weighted by Crippen LogP contribution is -2.66. The van der Waals surface area contributed by atoms with E-state index < -0.39 is 14.5 Å². The first-order chi connectivity index (χ1) is 11.4. The van der Waals surface area contributed by atoms with E-state index in [0.717, 1.165) is 6.42 Å². The fraction of sp³-hybridized carbons (Fsp3) is 0.429. The molecule has 0 aliphatic carbocycles. The van der Waals surface area contributed by atoms with E-state index in [1.807, 2.05) is 12.1 Å². The third-order valence-electron chi connectivity index (χ3n) is 4.48. The van der Waals surface area contributed by atoms with Crippen LogP contribution in [0.2, 0.25) is 5.04 Å². The van der Waals surface area contributed by atoms with Gasteiger partial charge in [-0.05, 0) is 35.2 Å². The van der Waals surface area contributed by atoms with E-state index in [0.29, 0.717) is 13.0 Å². The van der Waals surface area contributed by atoms with Crippen LogP contribution in [0.4, 0.5) is 4.39 Å². The molecule has 2 aromatic carbocycles. The molecule has 0 amide bonds. The summed E-state index contributed by atoms with van der Waals surface area (Å²) in [5.74, 6) is 0. The van der Waals surface area contributed by atoms with E-state index in [9.17, 15) is 4.39 Å². The minimum atomic E-state index is -2.44. The maximum atomic E-state index is 13.2. The predicted molar refractivity (Wildman–Crippen MR) is 103 cm³/mol. The standard InChI is InChI=1S/C21H29FOSi/c1-18(22)12-11-17-23-24(21(2,3)4,19-13-7-5-8-14-19)20-15-9-6-10-16-20/h5-10,13-16,18H,11-12,17H2,1-4H3/t18-/m0/s1. The van der Waals surface area contributed by atoms with Crippen LogP contribution < -0.4 is 10.4 Å². The molecular weight excluding hydrogens is 315 g/mol. The van der Waals surface area contributed by atoms with E-state index in [1.54, 1.807) is 6.92 Å². The molecule has 130 valence electrons.